The Kier molecular flexibility index (Phi) is 3.28. The van der Waals surface area contributed by atoms with Crippen molar-refractivity contribution in [1.29, 1.82) is 0 Å². The molecule has 4 heteroatoms. The molecule has 0 aliphatic rings. The molecule has 1 aromatic carbocycles. The van der Waals surface area contributed by atoms with Gasteiger partial charge in [-0.05, 0) is 43.7 Å². The van der Waals surface area contributed by atoms with E-state index >= 15 is 0 Å². The van der Waals surface area contributed by atoms with Crippen LogP contribution in [0.3, 0.4) is 0 Å². The first kappa shape index (κ1) is 12.1. The number of anilines is 2. The van der Waals surface area contributed by atoms with E-state index in [4.69, 9.17) is 5.73 Å². The Morgan fingerprint density at radius 2 is 2.06 bits per heavy atom. The van der Waals surface area contributed by atoms with Crippen LogP contribution in [0.5, 0.6) is 0 Å². The minimum absolute atomic E-state index is 0.219. The van der Waals surface area contributed by atoms with Crippen LogP contribution in [0.1, 0.15) is 21.6 Å². The number of benzene rings is 1. The number of nitrogens with one attached hydrogen (secondary N) is 1. The molecule has 0 bridgehead atoms. The van der Waals surface area contributed by atoms with E-state index < -0.39 is 0 Å². The summed E-state index contributed by atoms with van der Waals surface area (Å²) in [6.07, 6.45) is 1.69. The van der Waals surface area contributed by atoms with Crippen molar-refractivity contribution < 1.29 is 4.79 Å². The zero-order valence-corrected chi connectivity index (χ0v) is 10.4. The molecular weight excluding hydrogens is 226 g/mol. The van der Waals surface area contributed by atoms with Gasteiger partial charge in [0.15, 0.2) is 0 Å². The first-order chi connectivity index (χ1) is 8.58. The van der Waals surface area contributed by atoms with E-state index in [1.807, 2.05) is 26.0 Å². The molecule has 0 radical (unpaired) electrons. The number of nitrogens with zero attached hydrogens (tertiary/aromatic N) is 1. The van der Waals surface area contributed by atoms with E-state index in [1.54, 1.807) is 24.4 Å². The molecule has 18 heavy (non-hydrogen) atoms. The predicted molar refractivity (Wildman–Crippen MR) is 72.5 cm³/mol. The van der Waals surface area contributed by atoms with Crippen molar-refractivity contribution in [3.05, 3.63) is 53.3 Å². The summed E-state index contributed by atoms with van der Waals surface area (Å²) >= 11 is 0. The monoisotopic (exact) mass is 241 g/mol. The predicted octanol–water partition coefficient (Wildman–Crippen LogP) is 2.53. The fourth-order valence-corrected chi connectivity index (χ4v) is 1.69. The van der Waals surface area contributed by atoms with E-state index in [0.29, 0.717) is 16.9 Å². The number of hydrogen-bond donors (Lipinski definition) is 2. The number of carbonyl (C=O) groups is 1. The SMILES string of the molecule is Cc1ccc(C(=O)Nc2cccnc2C)c(N)c1. The van der Waals surface area contributed by atoms with Gasteiger partial charge in [-0.15, -0.1) is 0 Å². The van der Waals surface area contributed by atoms with Crippen LogP contribution in [0.4, 0.5) is 11.4 Å². The van der Waals surface area contributed by atoms with Crippen molar-refractivity contribution in [2.24, 2.45) is 0 Å². The number of aromatic nitrogens is 1. The summed E-state index contributed by atoms with van der Waals surface area (Å²) in [5.74, 6) is -0.219. The Bertz CT molecular complexity index is 593. The van der Waals surface area contributed by atoms with Crippen molar-refractivity contribution in [1.82, 2.24) is 4.98 Å². The van der Waals surface area contributed by atoms with Gasteiger partial charge in [-0.25, -0.2) is 0 Å². The summed E-state index contributed by atoms with van der Waals surface area (Å²) < 4.78 is 0. The van der Waals surface area contributed by atoms with Gasteiger partial charge < -0.3 is 11.1 Å². The lowest BCUT2D eigenvalue weighted by molar-refractivity contribution is 0.102. The fourth-order valence-electron chi connectivity index (χ4n) is 1.69. The second kappa shape index (κ2) is 4.87. The highest BCUT2D eigenvalue weighted by molar-refractivity contribution is 6.07. The lowest BCUT2D eigenvalue weighted by Crippen LogP contribution is -2.15. The zero-order chi connectivity index (χ0) is 13.1. The lowest BCUT2D eigenvalue weighted by atomic mass is 10.1. The average molecular weight is 241 g/mol. The van der Waals surface area contributed by atoms with Gasteiger partial charge in [0.05, 0.1) is 16.9 Å². The molecule has 2 rings (SSSR count). The first-order valence-corrected chi connectivity index (χ1v) is 5.67. The fraction of sp³-hybridized carbons (Fsp3) is 0.143. The zero-order valence-electron chi connectivity index (χ0n) is 10.4. The topological polar surface area (TPSA) is 68.0 Å². The molecule has 4 nitrogen and oxygen atoms in total. The largest absolute Gasteiger partial charge is 0.398 e. The number of hydrogen-bond acceptors (Lipinski definition) is 3. The van der Waals surface area contributed by atoms with Gasteiger partial charge in [0.2, 0.25) is 0 Å². The van der Waals surface area contributed by atoms with Crippen LogP contribution in [0.2, 0.25) is 0 Å². The molecule has 1 heterocycles. The van der Waals surface area contributed by atoms with Crippen LogP contribution in [-0.2, 0) is 0 Å². The van der Waals surface area contributed by atoms with Crippen LogP contribution in [0.25, 0.3) is 0 Å². The average Bonchev–Trinajstić information content (AvgIpc) is 2.32. The number of amides is 1. The van der Waals surface area contributed by atoms with E-state index in [9.17, 15) is 4.79 Å². The van der Waals surface area contributed by atoms with Gasteiger partial charge in [0.25, 0.3) is 5.91 Å². The number of rotatable bonds is 2. The summed E-state index contributed by atoms with van der Waals surface area (Å²) in [5, 5.41) is 2.81. The molecular formula is C14H15N3O. The summed E-state index contributed by atoms with van der Waals surface area (Å²) in [6.45, 7) is 3.78. The Morgan fingerprint density at radius 3 is 2.72 bits per heavy atom. The molecule has 1 aromatic heterocycles. The number of nitrogens with two attached hydrogens (primary N) is 1. The van der Waals surface area contributed by atoms with Crippen molar-refractivity contribution in [2.75, 3.05) is 11.1 Å². The molecule has 1 amide bonds. The van der Waals surface area contributed by atoms with Crippen molar-refractivity contribution >= 4 is 17.3 Å². The number of carbonyl (C=O) groups excluding carboxylic acids is 1. The quantitative estimate of drug-likeness (QED) is 0.794. The van der Waals surface area contributed by atoms with Gasteiger partial charge in [-0.2, -0.15) is 0 Å². The normalized spacial score (nSPS) is 10.1. The summed E-state index contributed by atoms with van der Waals surface area (Å²) in [4.78, 5) is 16.2. The van der Waals surface area contributed by atoms with Crippen molar-refractivity contribution in [3.8, 4) is 0 Å². The second-order valence-electron chi connectivity index (χ2n) is 4.18. The lowest BCUT2D eigenvalue weighted by Gasteiger charge is -2.09. The van der Waals surface area contributed by atoms with Crippen LogP contribution in [0, 0.1) is 13.8 Å². The molecule has 0 saturated carbocycles. The minimum atomic E-state index is -0.219. The standard InChI is InChI=1S/C14H15N3O/c1-9-5-6-11(12(15)8-9)14(18)17-13-4-3-7-16-10(13)2/h3-8H,15H2,1-2H3,(H,17,18). The third-order valence-electron chi connectivity index (χ3n) is 2.71. The summed E-state index contributed by atoms with van der Waals surface area (Å²) in [5.41, 5.74) is 9.29. The number of nitrogen functional groups attached to an aromatic ring is 1. The van der Waals surface area contributed by atoms with E-state index in [0.717, 1.165) is 11.3 Å². The smallest absolute Gasteiger partial charge is 0.257 e. The highest BCUT2D eigenvalue weighted by Crippen LogP contribution is 2.17. The van der Waals surface area contributed by atoms with Crippen molar-refractivity contribution in [3.63, 3.8) is 0 Å². The maximum atomic E-state index is 12.1. The van der Waals surface area contributed by atoms with Gasteiger partial charge in [-0.1, -0.05) is 6.07 Å². The maximum Gasteiger partial charge on any atom is 0.257 e. The molecule has 0 aliphatic heterocycles. The Hall–Kier alpha value is -2.36. The Balaban J connectivity index is 2.25. The highest BCUT2D eigenvalue weighted by Gasteiger charge is 2.10. The van der Waals surface area contributed by atoms with Crippen LogP contribution in [0.15, 0.2) is 36.5 Å². The Labute approximate surface area is 106 Å². The second-order valence-corrected chi connectivity index (χ2v) is 4.18. The highest BCUT2D eigenvalue weighted by atomic mass is 16.1. The molecule has 2 aromatic rings. The van der Waals surface area contributed by atoms with Crippen LogP contribution in [-0.4, -0.2) is 10.9 Å². The molecule has 0 atom stereocenters. The molecule has 0 spiro atoms. The minimum Gasteiger partial charge on any atom is -0.398 e. The molecule has 0 saturated heterocycles. The third-order valence-corrected chi connectivity index (χ3v) is 2.71. The van der Waals surface area contributed by atoms with Gasteiger partial charge in [0, 0.05) is 11.9 Å². The van der Waals surface area contributed by atoms with E-state index in [-0.39, 0.29) is 5.91 Å². The first-order valence-electron chi connectivity index (χ1n) is 5.67. The molecule has 92 valence electrons. The van der Waals surface area contributed by atoms with E-state index in [2.05, 4.69) is 10.3 Å². The summed E-state index contributed by atoms with van der Waals surface area (Å²) in [7, 11) is 0. The number of pyridine rings is 1. The van der Waals surface area contributed by atoms with Crippen LogP contribution < -0.4 is 11.1 Å². The molecule has 3 N–H and O–H groups in total. The van der Waals surface area contributed by atoms with Crippen molar-refractivity contribution in [2.45, 2.75) is 13.8 Å². The Morgan fingerprint density at radius 1 is 1.28 bits per heavy atom. The van der Waals surface area contributed by atoms with Gasteiger partial charge in [-0.3, -0.25) is 9.78 Å². The van der Waals surface area contributed by atoms with Gasteiger partial charge >= 0.3 is 0 Å². The van der Waals surface area contributed by atoms with Gasteiger partial charge in [0.1, 0.15) is 0 Å². The molecule has 0 aliphatic carbocycles. The van der Waals surface area contributed by atoms with E-state index in [1.165, 1.54) is 0 Å². The summed E-state index contributed by atoms with van der Waals surface area (Å²) in [6, 6.07) is 8.96. The maximum absolute atomic E-state index is 12.1. The molecule has 0 unspecified atom stereocenters. The van der Waals surface area contributed by atoms with Crippen LogP contribution >= 0.6 is 0 Å². The molecule has 0 fully saturated rings. The number of aryl methyl sites for hydroxylation is 2. The third kappa shape index (κ3) is 2.48.